The SMILES string of the molecule is Fc1c(/C=C/C2CC2)ccc(OC2CCC2)c1F. The van der Waals surface area contributed by atoms with Crippen LogP contribution in [0.2, 0.25) is 0 Å². The van der Waals surface area contributed by atoms with Gasteiger partial charge in [-0.05, 0) is 50.2 Å². The molecular weight excluding hydrogens is 234 g/mol. The van der Waals surface area contributed by atoms with E-state index >= 15 is 0 Å². The van der Waals surface area contributed by atoms with Crippen LogP contribution in [0, 0.1) is 17.6 Å². The van der Waals surface area contributed by atoms with Crippen molar-refractivity contribution in [3.63, 3.8) is 0 Å². The van der Waals surface area contributed by atoms with Crippen LogP contribution in [-0.4, -0.2) is 6.10 Å². The molecule has 2 fully saturated rings. The molecule has 2 aliphatic carbocycles. The molecule has 0 unspecified atom stereocenters. The Hall–Kier alpha value is -1.38. The molecule has 0 saturated heterocycles. The van der Waals surface area contributed by atoms with Gasteiger partial charge in [-0.15, -0.1) is 0 Å². The summed E-state index contributed by atoms with van der Waals surface area (Å²) in [4.78, 5) is 0. The van der Waals surface area contributed by atoms with Gasteiger partial charge in [0.25, 0.3) is 0 Å². The summed E-state index contributed by atoms with van der Waals surface area (Å²) < 4.78 is 33.0. The molecule has 2 aliphatic rings. The van der Waals surface area contributed by atoms with Crippen LogP contribution < -0.4 is 4.74 Å². The van der Waals surface area contributed by atoms with Crippen molar-refractivity contribution in [3.05, 3.63) is 35.4 Å². The Morgan fingerprint density at radius 2 is 1.83 bits per heavy atom. The van der Waals surface area contributed by atoms with Crippen molar-refractivity contribution in [2.24, 2.45) is 5.92 Å². The number of halogens is 2. The van der Waals surface area contributed by atoms with Gasteiger partial charge in [-0.25, -0.2) is 4.39 Å². The summed E-state index contributed by atoms with van der Waals surface area (Å²) in [5.41, 5.74) is 0.306. The summed E-state index contributed by atoms with van der Waals surface area (Å²) in [5, 5.41) is 0. The van der Waals surface area contributed by atoms with Crippen LogP contribution >= 0.6 is 0 Å². The summed E-state index contributed by atoms with van der Waals surface area (Å²) in [6.45, 7) is 0. The summed E-state index contributed by atoms with van der Waals surface area (Å²) in [6, 6.07) is 3.12. The zero-order valence-electron chi connectivity index (χ0n) is 10.2. The average Bonchev–Trinajstić information content (AvgIpc) is 3.11. The Labute approximate surface area is 105 Å². The Kier molecular flexibility index (Phi) is 3.06. The van der Waals surface area contributed by atoms with Crippen molar-refractivity contribution in [2.45, 2.75) is 38.2 Å². The molecular formula is C15H16F2O. The van der Waals surface area contributed by atoms with E-state index < -0.39 is 11.6 Å². The first-order valence-electron chi connectivity index (χ1n) is 6.57. The highest BCUT2D eigenvalue weighted by Gasteiger charge is 2.22. The van der Waals surface area contributed by atoms with Gasteiger partial charge in [-0.1, -0.05) is 12.2 Å². The van der Waals surface area contributed by atoms with Gasteiger partial charge in [0.05, 0.1) is 6.10 Å². The molecule has 0 radical (unpaired) electrons. The van der Waals surface area contributed by atoms with Crippen LogP contribution in [0.5, 0.6) is 5.75 Å². The molecule has 0 heterocycles. The third-order valence-corrected chi connectivity index (χ3v) is 3.59. The Balaban J connectivity index is 1.77. The molecule has 96 valence electrons. The van der Waals surface area contributed by atoms with Gasteiger partial charge >= 0.3 is 0 Å². The first-order valence-corrected chi connectivity index (χ1v) is 6.57. The van der Waals surface area contributed by atoms with E-state index in [4.69, 9.17) is 4.74 Å². The van der Waals surface area contributed by atoms with Crippen LogP contribution in [0.15, 0.2) is 18.2 Å². The summed E-state index contributed by atoms with van der Waals surface area (Å²) in [6.07, 6.45) is 8.97. The smallest absolute Gasteiger partial charge is 0.201 e. The van der Waals surface area contributed by atoms with Crippen LogP contribution in [-0.2, 0) is 0 Å². The molecule has 3 heteroatoms. The lowest BCUT2D eigenvalue weighted by molar-refractivity contribution is 0.114. The lowest BCUT2D eigenvalue weighted by Gasteiger charge is -2.26. The normalized spacial score (nSPS) is 20.1. The number of hydrogen-bond acceptors (Lipinski definition) is 1. The zero-order valence-corrected chi connectivity index (χ0v) is 10.2. The largest absolute Gasteiger partial charge is 0.487 e. The lowest BCUT2D eigenvalue weighted by Crippen LogP contribution is -2.25. The maximum atomic E-state index is 13.8. The van der Waals surface area contributed by atoms with Crippen molar-refractivity contribution in [1.82, 2.24) is 0 Å². The van der Waals surface area contributed by atoms with Gasteiger partial charge in [0.15, 0.2) is 11.6 Å². The topological polar surface area (TPSA) is 9.23 Å². The number of rotatable bonds is 4. The van der Waals surface area contributed by atoms with Crippen LogP contribution in [0.25, 0.3) is 6.08 Å². The van der Waals surface area contributed by atoms with E-state index in [0.29, 0.717) is 11.5 Å². The second-order valence-electron chi connectivity index (χ2n) is 5.15. The van der Waals surface area contributed by atoms with E-state index in [1.54, 1.807) is 12.1 Å². The summed E-state index contributed by atoms with van der Waals surface area (Å²) in [5.74, 6) is -1.07. The van der Waals surface area contributed by atoms with Crippen molar-refractivity contribution in [3.8, 4) is 5.75 Å². The van der Waals surface area contributed by atoms with Crippen LogP contribution in [0.1, 0.15) is 37.7 Å². The van der Waals surface area contributed by atoms with Crippen molar-refractivity contribution >= 4 is 6.08 Å². The third kappa shape index (κ3) is 2.40. The molecule has 0 amide bonds. The molecule has 0 aliphatic heterocycles. The number of ether oxygens (including phenoxy) is 1. The van der Waals surface area contributed by atoms with Crippen molar-refractivity contribution in [2.75, 3.05) is 0 Å². The zero-order chi connectivity index (χ0) is 12.5. The van der Waals surface area contributed by atoms with Gasteiger partial charge in [0, 0.05) is 5.56 Å². The molecule has 0 aromatic heterocycles. The van der Waals surface area contributed by atoms with E-state index in [-0.39, 0.29) is 11.9 Å². The lowest BCUT2D eigenvalue weighted by atomic mass is 9.96. The Morgan fingerprint density at radius 3 is 2.44 bits per heavy atom. The molecule has 2 saturated carbocycles. The average molecular weight is 250 g/mol. The first-order chi connectivity index (χ1) is 8.74. The highest BCUT2D eigenvalue weighted by atomic mass is 19.2. The standard InChI is InChI=1S/C15H16F2O/c16-14-11(7-6-10-4-5-10)8-9-13(15(14)17)18-12-2-1-3-12/h6-10,12H,1-5H2/b7-6+. The van der Waals surface area contributed by atoms with E-state index in [1.807, 2.05) is 6.08 Å². The molecule has 0 atom stereocenters. The second kappa shape index (κ2) is 4.71. The molecule has 1 aromatic rings. The van der Waals surface area contributed by atoms with Crippen molar-refractivity contribution < 1.29 is 13.5 Å². The van der Waals surface area contributed by atoms with E-state index in [0.717, 1.165) is 32.1 Å². The van der Waals surface area contributed by atoms with Crippen LogP contribution in [0.4, 0.5) is 8.78 Å². The monoisotopic (exact) mass is 250 g/mol. The third-order valence-electron chi connectivity index (χ3n) is 3.59. The summed E-state index contributed by atoms with van der Waals surface area (Å²) in [7, 11) is 0. The van der Waals surface area contributed by atoms with Gasteiger partial charge in [0.2, 0.25) is 5.82 Å². The van der Waals surface area contributed by atoms with E-state index in [9.17, 15) is 8.78 Å². The molecule has 1 aromatic carbocycles. The number of hydrogen-bond donors (Lipinski definition) is 0. The minimum atomic E-state index is -0.861. The number of allylic oxidation sites excluding steroid dienone is 1. The fraction of sp³-hybridized carbons (Fsp3) is 0.467. The first kappa shape index (κ1) is 11.7. The minimum Gasteiger partial charge on any atom is -0.487 e. The molecule has 3 rings (SSSR count). The van der Waals surface area contributed by atoms with E-state index in [1.165, 1.54) is 6.07 Å². The highest BCUT2D eigenvalue weighted by molar-refractivity contribution is 5.52. The summed E-state index contributed by atoms with van der Waals surface area (Å²) >= 11 is 0. The molecule has 0 N–H and O–H groups in total. The quantitative estimate of drug-likeness (QED) is 0.773. The predicted octanol–water partition coefficient (Wildman–Crippen LogP) is 4.32. The van der Waals surface area contributed by atoms with Crippen molar-refractivity contribution in [1.29, 1.82) is 0 Å². The van der Waals surface area contributed by atoms with Crippen LogP contribution in [0.3, 0.4) is 0 Å². The van der Waals surface area contributed by atoms with Gasteiger partial charge in [0.1, 0.15) is 0 Å². The molecule has 0 bridgehead atoms. The minimum absolute atomic E-state index is 0.0424. The maximum absolute atomic E-state index is 13.8. The molecule has 1 nitrogen and oxygen atoms in total. The Morgan fingerprint density at radius 1 is 1.06 bits per heavy atom. The molecule has 18 heavy (non-hydrogen) atoms. The van der Waals surface area contributed by atoms with Gasteiger partial charge < -0.3 is 4.74 Å². The van der Waals surface area contributed by atoms with Gasteiger partial charge in [-0.2, -0.15) is 4.39 Å². The maximum Gasteiger partial charge on any atom is 0.201 e. The van der Waals surface area contributed by atoms with Gasteiger partial charge in [-0.3, -0.25) is 0 Å². The fourth-order valence-electron chi connectivity index (χ4n) is 1.96. The fourth-order valence-corrected chi connectivity index (χ4v) is 1.96. The highest BCUT2D eigenvalue weighted by Crippen LogP contribution is 2.32. The number of benzene rings is 1. The molecule has 0 spiro atoms. The van der Waals surface area contributed by atoms with E-state index in [2.05, 4.69) is 0 Å². The Bertz CT molecular complexity index is 474. The second-order valence-corrected chi connectivity index (χ2v) is 5.15. The predicted molar refractivity (Wildman–Crippen MR) is 66.4 cm³/mol.